The molecule has 0 aliphatic rings. The minimum atomic E-state index is 0.0995. The highest BCUT2D eigenvalue weighted by Crippen LogP contribution is 2.27. The number of hydrogen-bond acceptors (Lipinski definition) is 2. The predicted molar refractivity (Wildman–Crippen MR) is 74.8 cm³/mol. The van der Waals surface area contributed by atoms with E-state index in [4.69, 9.17) is 4.98 Å². The molecule has 0 amide bonds. The smallest absolute Gasteiger partial charge is 0.0726 e. The fourth-order valence-corrected chi connectivity index (χ4v) is 1.95. The lowest BCUT2D eigenvalue weighted by Gasteiger charge is -2.20. The van der Waals surface area contributed by atoms with E-state index in [0.717, 1.165) is 11.2 Å². The molecule has 90 valence electrons. The highest BCUT2D eigenvalue weighted by Gasteiger charge is 2.16. The molecule has 0 spiro atoms. The van der Waals surface area contributed by atoms with E-state index in [0.29, 0.717) is 0 Å². The van der Waals surface area contributed by atoms with Crippen molar-refractivity contribution < 1.29 is 0 Å². The number of pyridine rings is 1. The van der Waals surface area contributed by atoms with Crippen LogP contribution >= 0.6 is 0 Å². The monoisotopic (exact) mass is 228 g/mol. The van der Waals surface area contributed by atoms with Gasteiger partial charge < -0.3 is 4.90 Å². The van der Waals surface area contributed by atoms with Gasteiger partial charge in [0.25, 0.3) is 0 Å². The molecule has 0 saturated carbocycles. The minimum Gasteiger partial charge on any atom is -0.377 e. The van der Waals surface area contributed by atoms with Crippen molar-refractivity contribution in [3.8, 4) is 0 Å². The van der Waals surface area contributed by atoms with Crippen LogP contribution in [-0.2, 0) is 5.41 Å². The van der Waals surface area contributed by atoms with Gasteiger partial charge in [-0.3, -0.25) is 4.98 Å². The summed E-state index contributed by atoms with van der Waals surface area (Å²) in [5, 5.41) is 1.21. The first-order valence-corrected chi connectivity index (χ1v) is 5.97. The summed E-state index contributed by atoms with van der Waals surface area (Å²) in [7, 11) is 4.12. The SMILES string of the molecule is CN(C)c1cccc2nc(C(C)(C)C)ccc12. The highest BCUT2D eigenvalue weighted by atomic mass is 15.1. The molecule has 2 aromatic rings. The second-order valence-corrected chi connectivity index (χ2v) is 5.68. The van der Waals surface area contributed by atoms with Gasteiger partial charge in [-0.25, -0.2) is 0 Å². The Labute approximate surface area is 103 Å². The third-order valence-electron chi connectivity index (χ3n) is 2.96. The standard InChI is InChI=1S/C15H20N2/c1-15(2,3)14-10-9-11-12(16-14)7-6-8-13(11)17(4)5/h6-10H,1-5H3. The van der Waals surface area contributed by atoms with E-state index in [2.05, 4.69) is 70.1 Å². The largest absolute Gasteiger partial charge is 0.377 e. The Bertz CT molecular complexity index is 536. The van der Waals surface area contributed by atoms with E-state index >= 15 is 0 Å². The zero-order chi connectivity index (χ0) is 12.6. The summed E-state index contributed by atoms with van der Waals surface area (Å²) in [4.78, 5) is 6.89. The predicted octanol–water partition coefficient (Wildman–Crippen LogP) is 3.60. The van der Waals surface area contributed by atoms with Crippen LogP contribution in [0.2, 0.25) is 0 Å². The summed E-state index contributed by atoms with van der Waals surface area (Å²) >= 11 is 0. The average molecular weight is 228 g/mol. The third-order valence-corrected chi connectivity index (χ3v) is 2.96. The molecule has 2 rings (SSSR count). The van der Waals surface area contributed by atoms with Crippen molar-refractivity contribution in [1.29, 1.82) is 0 Å². The van der Waals surface area contributed by atoms with Crippen LogP contribution in [0.25, 0.3) is 10.9 Å². The van der Waals surface area contributed by atoms with Crippen molar-refractivity contribution >= 4 is 16.6 Å². The molecule has 1 aromatic carbocycles. The van der Waals surface area contributed by atoms with Gasteiger partial charge in [0.2, 0.25) is 0 Å². The summed E-state index contributed by atoms with van der Waals surface area (Å²) < 4.78 is 0. The normalized spacial score (nSPS) is 11.8. The maximum atomic E-state index is 4.76. The zero-order valence-electron chi connectivity index (χ0n) is 11.3. The van der Waals surface area contributed by atoms with Crippen LogP contribution in [0.5, 0.6) is 0 Å². The Morgan fingerprint density at radius 2 is 1.71 bits per heavy atom. The number of anilines is 1. The molecule has 0 radical (unpaired) electrons. The first-order chi connectivity index (χ1) is 7.89. The highest BCUT2D eigenvalue weighted by molar-refractivity contribution is 5.91. The summed E-state index contributed by atoms with van der Waals surface area (Å²) in [6.45, 7) is 6.57. The Hall–Kier alpha value is -1.57. The van der Waals surface area contributed by atoms with E-state index in [1.54, 1.807) is 0 Å². The molecule has 0 fully saturated rings. The van der Waals surface area contributed by atoms with Gasteiger partial charge in [-0.05, 0) is 24.3 Å². The first kappa shape index (κ1) is 11.9. The van der Waals surface area contributed by atoms with Crippen LogP contribution in [0, 0.1) is 0 Å². The topological polar surface area (TPSA) is 16.1 Å². The lowest BCUT2D eigenvalue weighted by molar-refractivity contribution is 0.571. The molecule has 0 N–H and O–H groups in total. The van der Waals surface area contributed by atoms with Crippen LogP contribution in [-0.4, -0.2) is 19.1 Å². The summed E-state index contributed by atoms with van der Waals surface area (Å²) in [6.07, 6.45) is 0. The van der Waals surface area contributed by atoms with Crippen molar-refractivity contribution in [3.05, 3.63) is 36.0 Å². The van der Waals surface area contributed by atoms with Crippen molar-refractivity contribution in [2.45, 2.75) is 26.2 Å². The number of hydrogen-bond donors (Lipinski definition) is 0. The average Bonchev–Trinajstić information content (AvgIpc) is 2.26. The van der Waals surface area contributed by atoms with E-state index in [1.807, 2.05) is 0 Å². The number of nitrogens with zero attached hydrogens (tertiary/aromatic N) is 2. The number of rotatable bonds is 1. The molecule has 17 heavy (non-hydrogen) atoms. The van der Waals surface area contributed by atoms with Gasteiger partial charge in [-0.2, -0.15) is 0 Å². The lowest BCUT2D eigenvalue weighted by Crippen LogP contribution is -2.14. The van der Waals surface area contributed by atoms with Gasteiger partial charge in [-0.15, -0.1) is 0 Å². The first-order valence-electron chi connectivity index (χ1n) is 5.97. The maximum Gasteiger partial charge on any atom is 0.0726 e. The van der Waals surface area contributed by atoms with E-state index in [-0.39, 0.29) is 5.41 Å². The lowest BCUT2D eigenvalue weighted by atomic mass is 9.91. The molecule has 0 saturated heterocycles. The molecule has 0 unspecified atom stereocenters. The molecule has 2 nitrogen and oxygen atoms in total. The molecule has 0 atom stereocenters. The van der Waals surface area contributed by atoms with Crippen LogP contribution in [0.1, 0.15) is 26.5 Å². The second-order valence-electron chi connectivity index (χ2n) is 5.68. The van der Waals surface area contributed by atoms with Gasteiger partial charge in [0, 0.05) is 36.3 Å². The maximum absolute atomic E-state index is 4.76. The Balaban J connectivity index is 2.65. The fourth-order valence-electron chi connectivity index (χ4n) is 1.95. The molecular weight excluding hydrogens is 208 g/mol. The Morgan fingerprint density at radius 1 is 1.00 bits per heavy atom. The Morgan fingerprint density at radius 3 is 2.29 bits per heavy atom. The molecule has 0 aliphatic heterocycles. The third kappa shape index (κ3) is 2.26. The quantitative estimate of drug-likeness (QED) is 0.741. The van der Waals surface area contributed by atoms with Crippen molar-refractivity contribution in [3.63, 3.8) is 0 Å². The fraction of sp³-hybridized carbons (Fsp3) is 0.400. The van der Waals surface area contributed by atoms with Gasteiger partial charge in [0.05, 0.1) is 5.52 Å². The number of aromatic nitrogens is 1. The summed E-state index contributed by atoms with van der Waals surface area (Å²) in [5.41, 5.74) is 3.53. The zero-order valence-corrected chi connectivity index (χ0v) is 11.3. The summed E-state index contributed by atoms with van der Waals surface area (Å²) in [5.74, 6) is 0. The number of fused-ring (bicyclic) bond motifs is 1. The molecular formula is C15H20N2. The number of benzene rings is 1. The second kappa shape index (κ2) is 4.02. The molecule has 0 bridgehead atoms. The molecule has 2 heteroatoms. The van der Waals surface area contributed by atoms with E-state index < -0.39 is 0 Å². The summed E-state index contributed by atoms with van der Waals surface area (Å²) in [6, 6.07) is 10.6. The van der Waals surface area contributed by atoms with E-state index in [1.165, 1.54) is 11.1 Å². The van der Waals surface area contributed by atoms with Gasteiger partial charge in [-0.1, -0.05) is 26.8 Å². The van der Waals surface area contributed by atoms with Gasteiger partial charge in [0.15, 0.2) is 0 Å². The molecule has 1 heterocycles. The minimum absolute atomic E-state index is 0.0995. The van der Waals surface area contributed by atoms with Crippen molar-refractivity contribution in [2.75, 3.05) is 19.0 Å². The van der Waals surface area contributed by atoms with Crippen LogP contribution in [0.3, 0.4) is 0 Å². The van der Waals surface area contributed by atoms with Crippen molar-refractivity contribution in [2.24, 2.45) is 0 Å². The van der Waals surface area contributed by atoms with Crippen molar-refractivity contribution in [1.82, 2.24) is 4.98 Å². The van der Waals surface area contributed by atoms with Gasteiger partial charge in [0.1, 0.15) is 0 Å². The van der Waals surface area contributed by atoms with Crippen LogP contribution in [0.15, 0.2) is 30.3 Å². The van der Waals surface area contributed by atoms with Crippen LogP contribution in [0.4, 0.5) is 5.69 Å². The molecule has 1 aromatic heterocycles. The molecule has 0 aliphatic carbocycles. The van der Waals surface area contributed by atoms with Gasteiger partial charge >= 0.3 is 0 Å². The Kier molecular flexibility index (Phi) is 2.82. The van der Waals surface area contributed by atoms with E-state index in [9.17, 15) is 0 Å². The van der Waals surface area contributed by atoms with Crippen LogP contribution < -0.4 is 4.90 Å².